The van der Waals surface area contributed by atoms with E-state index in [-0.39, 0.29) is 88.7 Å². The van der Waals surface area contributed by atoms with Crippen molar-refractivity contribution in [2.24, 2.45) is 5.41 Å². The highest BCUT2D eigenvalue weighted by atomic mass is 16.6. The number of aliphatic hydroxyl groups is 3. The van der Waals surface area contributed by atoms with E-state index in [1.165, 1.54) is 42.5 Å². The Kier molecular flexibility index (Phi) is 22.4. The number of carbonyl (C=O) groups excluding carboxylic acids is 6. The van der Waals surface area contributed by atoms with Gasteiger partial charge in [0.05, 0.1) is 29.2 Å². The Balaban J connectivity index is 0.000000759. The van der Waals surface area contributed by atoms with Crippen LogP contribution in [0.15, 0.2) is 115 Å². The molecule has 19 nitrogen and oxygen atoms in total. The van der Waals surface area contributed by atoms with E-state index >= 15 is 0 Å². The topological polar surface area (TPSA) is 265 Å². The highest BCUT2D eigenvalue weighted by molar-refractivity contribution is 5.90. The number of nitrogens with zero attached hydrogens (tertiary/aromatic N) is 1. The first-order valence-corrected chi connectivity index (χ1v) is 20.4. The maximum absolute atomic E-state index is 12.5. The Morgan fingerprint density at radius 3 is 1.33 bits per heavy atom. The number of furan rings is 4. The van der Waals surface area contributed by atoms with Crippen LogP contribution in [0.4, 0.5) is 0 Å². The van der Waals surface area contributed by atoms with Crippen molar-refractivity contribution >= 4 is 36.1 Å². The summed E-state index contributed by atoms with van der Waals surface area (Å²) in [7, 11) is 6.00. The largest absolute Gasteiger partial charge is 0.460 e. The highest BCUT2D eigenvalue weighted by Gasteiger charge is 2.27. The fourth-order valence-corrected chi connectivity index (χ4v) is 4.83. The molecule has 0 saturated heterocycles. The molecule has 0 spiro atoms. The van der Waals surface area contributed by atoms with Gasteiger partial charge in [0.15, 0.2) is 12.0 Å². The predicted octanol–water partition coefficient (Wildman–Crippen LogP) is 6.65. The van der Waals surface area contributed by atoms with Crippen LogP contribution in [0, 0.1) is 5.41 Å². The summed E-state index contributed by atoms with van der Waals surface area (Å²) in [4.78, 5) is 71.8. The van der Waals surface area contributed by atoms with Gasteiger partial charge in [0.1, 0.15) is 85.1 Å². The normalized spacial score (nSPS) is 12.2. The van der Waals surface area contributed by atoms with Crippen molar-refractivity contribution < 1.29 is 85.4 Å². The lowest BCUT2D eigenvalue weighted by molar-refractivity contribution is -0.148. The van der Waals surface area contributed by atoms with E-state index in [2.05, 4.69) is 31.1 Å². The van der Waals surface area contributed by atoms with Gasteiger partial charge < -0.3 is 61.6 Å². The van der Waals surface area contributed by atoms with Crippen LogP contribution in [0.3, 0.4) is 0 Å². The summed E-state index contributed by atoms with van der Waals surface area (Å²) < 4.78 is 46.5. The Bertz CT molecular complexity index is 2320. The minimum atomic E-state index is -1.62. The molecule has 364 valence electrons. The van der Waals surface area contributed by atoms with Crippen LogP contribution in [-0.4, -0.2) is 83.6 Å². The number of hydrogen-bond acceptors (Lipinski definition) is 19. The number of esters is 5. The number of aliphatic hydroxyl groups excluding tert-OH is 3. The number of ether oxygens (including phenoxy) is 5. The molecule has 0 aliphatic heterocycles. The monoisotopic (exact) mass is 937 g/mol. The van der Waals surface area contributed by atoms with Gasteiger partial charge in [0.2, 0.25) is 0 Å². The molecule has 0 amide bonds. The first-order valence-electron chi connectivity index (χ1n) is 20.4. The lowest BCUT2D eigenvalue weighted by Crippen LogP contribution is -2.17. The molecule has 0 saturated carbocycles. The van der Waals surface area contributed by atoms with Gasteiger partial charge in [0.25, 0.3) is 0 Å². The van der Waals surface area contributed by atoms with Gasteiger partial charge in [-0.2, -0.15) is 0 Å². The average molecular weight is 938 g/mol. The Morgan fingerprint density at radius 2 is 0.970 bits per heavy atom. The van der Waals surface area contributed by atoms with E-state index in [1.807, 2.05) is 46.8 Å². The SMILES string of the molecule is C=C(C(=O)OCc1ccc(C(O)C(=C)C(=O)OCc2ccc(C(O)C(=C)C(=O)OC(C)C)o2)o1)C(O)c1ccc(COC(=O)CC(C)(C)C)o1.C=CC(=O)OCc1ccc(C=O)o1.CN(C)C. The molecule has 4 aromatic rings. The lowest BCUT2D eigenvalue weighted by Gasteiger charge is -2.16. The van der Waals surface area contributed by atoms with E-state index in [9.17, 15) is 44.1 Å². The molecule has 67 heavy (non-hydrogen) atoms. The van der Waals surface area contributed by atoms with Crippen LogP contribution in [0.5, 0.6) is 0 Å². The van der Waals surface area contributed by atoms with Gasteiger partial charge in [-0.05, 0) is 88.9 Å². The quantitative estimate of drug-likeness (QED) is 0.0341. The fraction of sp³-hybridized carbons (Fsp3) is 0.375. The maximum Gasteiger partial charge on any atom is 0.336 e. The van der Waals surface area contributed by atoms with Gasteiger partial charge in [0, 0.05) is 6.08 Å². The molecular formula is C48H59NO18. The molecule has 0 bridgehead atoms. The third kappa shape index (κ3) is 19.9. The zero-order valence-corrected chi connectivity index (χ0v) is 38.9. The van der Waals surface area contributed by atoms with Crippen LogP contribution < -0.4 is 0 Å². The molecule has 0 aromatic carbocycles. The van der Waals surface area contributed by atoms with Crippen molar-refractivity contribution in [3.63, 3.8) is 0 Å². The molecule has 19 heteroatoms. The van der Waals surface area contributed by atoms with Crippen LogP contribution in [-0.2, 0) is 74.1 Å². The minimum Gasteiger partial charge on any atom is -0.460 e. The second kappa shape index (κ2) is 26.8. The summed E-state index contributed by atoms with van der Waals surface area (Å²) in [6, 6.07) is 11.5. The molecule has 0 aliphatic carbocycles. The van der Waals surface area contributed by atoms with Gasteiger partial charge >= 0.3 is 29.8 Å². The van der Waals surface area contributed by atoms with Crippen molar-refractivity contribution in [2.45, 2.75) is 91.9 Å². The second-order valence-corrected chi connectivity index (χ2v) is 16.3. The molecule has 4 rings (SSSR count). The molecular weight excluding hydrogens is 879 g/mol. The molecule has 0 radical (unpaired) electrons. The average Bonchev–Trinajstić information content (AvgIpc) is 4.11. The Labute approximate surface area is 387 Å². The first-order chi connectivity index (χ1) is 31.3. The van der Waals surface area contributed by atoms with E-state index in [1.54, 1.807) is 19.9 Å². The lowest BCUT2D eigenvalue weighted by atomic mass is 9.92. The summed E-state index contributed by atoms with van der Waals surface area (Å²) in [5.41, 5.74) is -1.20. The zero-order chi connectivity index (χ0) is 50.6. The van der Waals surface area contributed by atoms with Crippen molar-refractivity contribution in [3.8, 4) is 0 Å². The molecule has 4 aromatic heterocycles. The summed E-state index contributed by atoms with van der Waals surface area (Å²) in [5, 5.41) is 31.5. The number of carbonyl (C=O) groups is 6. The van der Waals surface area contributed by atoms with Gasteiger partial charge in [-0.1, -0.05) is 47.1 Å². The number of hydrogen-bond donors (Lipinski definition) is 3. The smallest absolute Gasteiger partial charge is 0.336 e. The van der Waals surface area contributed by atoms with E-state index in [4.69, 9.17) is 36.6 Å². The van der Waals surface area contributed by atoms with Crippen LogP contribution in [0.25, 0.3) is 0 Å². The Hall–Kier alpha value is -7.06. The van der Waals surface area contributed by atoms with E-state index in [0.717, 1.165) is 6.08 Å². The maximum atomic E-state index is 12.5. The first kappa shape index (κ1) is 56.1. The molecule has 3 unspecified atom stereocenters. The highest BCUT2D eigenvalue weighted by Crippen LogP contribution is 2.28. The van der Waals surface area contributed by atoms with Crippen LogP contribution >= 0.6 is 0 Å². The molecule has 4 heterocycles. The zero-order valence-electron chi connectivity index (χ0n) is 38.9. The third-order valence-electron chi connectivity index (χ3n) is 8.04. The molecule has 3 atom stereocenters. The van der Waals surface area contributed by atoms with Crippen LogP contribution in [0.2, 0.25) is 0 Å². The van der Waals surface area contributed by atoms with E-state index < -0.39 is 60.9 Å². The Morgan fingerprint density at radius 1 is 0.612 bits per heavy atom. The number of rotatable bonds is 21. The van der Waals surface area contributed by atoms with Crippen molar-refractivity contribution in [3.05, 3.63) is 144 Å². The number of aldehydes is 1. The fourth-order valence-electron chi connectivity index (χ4n) is 4.83. The minimum absolute atomic E-state index is 0.0118. The molecule has 0 fully saturated rings. The van der Waals surface area contributed by atoms with Crippen molar-refractivity contribution in [1.82, 2.24) is 4.90 Å². The van der Waals surface area contributed by atoms with Gasteiger partial charge in [-0.25, -0.2) is 19.2 Å². The summed E-state index contributed by atoms with van der Waals surface area (Å²) in [6.45, 7) is 22.0. The summed E-state index contributed by atoms with van der Waals surface area (Å²) >= 11 is 0. The van der Waals surface area contributed by atoms with Crippen molar-refractivity contribution in [1.29, 1.82) is 0 Å². The second-order valence-electron chi connectivity index (χ2n) is 16.3. The van der Waals surface area contributed by atoms with Crippen LogP contribution in [0.1, 0.15) is 110 Å². The summed E-state index contributed by atoms with van der Waals surface area (Å²) in [5.74, 6) is -2.70. The molecule has 0 aliphatic rings. The third-order valence-corrected chi connectivity index (χ3v) is 8.04. The van der Waals surface area contributed by atoms with Gasteiger partial charge in [-0.15, -0.1) is 0 Å². The predicted molar refractivity (Wildman–Crippen MR) is 237 cm³/mol. The van der Waals surface area contributed by atoms with Crippen molar-refractivity contribution in [2.75, 3.05) is 21.1 Å². The van der Waals surface area contributed by atoms with Gasteiger partial charge in [-0.3, -0.25) is 9.59 Å². The summed E-state index contributed by atoms with van der Waals surface area (Å²) in [6.07, 6.45) is -3.20. The molecule has 3 N–H and O–H groups in total. The standard InChI is InChI=1S/C36H42O14.C9H8O4.C3H9N/c1-19(2)47-35(43)22(5)32(40)28-14-11-25(50-28)18-46-34(42)21(4)31(39)27-13-10-24(49-27)17-45-33(41)20(3)30(38)26-12-9-23(48-26)16-44-29(37)15-36(6,7)8;1-2-9(11)12-6-8-4-3-7(5-10)13-8;1-4(2)3/h9-14,19,30-32,38-40H,3-5,15-18H2,1-2,6-8H3;2-5H,1,6H2;1-3H3. The van der Waals surface area contributed by atoms with E-state index in [0.29, 0.717) is 12.0 Å².